The highest BCUT2D eigenvalue weighted by Crippen LogP contribution is 2.29. The highest BCUT2D eigenvalue weighted by atomic mass is 16.5. The van der Waals surface area contributed by atoms with Crippen molar-refractivity contribution in [2.45, 2.75) is 13.8 Å². The Bertz CT molecular complexity index is 761. The van der Waals surface area contributed by atoms with Gasteiger partial charge in [-0.3, -0.25) is 0 Å². The van der Waals surface area contributed by atoms with E-state index in [1.165, 1.54) is 14.2 Å². The fourth-order valence-electron chi connectivity index (χ4n) is 2.79. The molecule has 0 fully saturated rings. The largest absolute Gasteiger partial charge is 0.465 e. The minimum absolute atomic E-state index is 0.112. The van der Waals surface area contributed by atoms with Gasteiger partial charge in [-0.1, -0.05) is 12.1 Å². The Kier molecular flexibility index (Phi) is 6.60. The van der Waals surface area contributed by atoms with Crippen LogP contribution in [0, 0.1) is 0 Å². The van der Waals surface area contributed by atoms with Gasteiger partial charge in [0.25, 0.3) is 0 Å². The fraction of sp³-hybridized carbons (Fsp3) is 0.300. The number of nitrogens with zero attached hydrogens (tertiary/aromatic N) is 2. The standard InChI is InChI=1S/C20H24N2O4/c1-5-21(6-2)15-10-9-11-16(14-15)22-13-8-7-12-17(19(23)25-3)18(22)20(24)26-4/h7-14H,5-6H2,1-4H3. The van der Waals surface area contributed by atoms with Gasteiger partial charge in [0.1, 0.15) is 5.70 Å². The Hall–Kier alpha value is -3.02. The first-order chi connectivity index (χ1) is 12.6. The van der Waals surface area contributed by atoms with Crippen LogP contribution in [0.1, 0.15) is 13.8 Å². The van der Waals surface area contributed by atoms with E-state index in [1.54, 1.807) is 29.3 Å². The molecule has 0 atom stereocenters. The van der Waals surface area contributed by atoms with Crippen LogP contribution in [-0.2, 0) is 19.1 Å². The Morgan fingerprint density at radius 3 is 2.35 bits per heavy atom. The average Bonchev–Trinajstić information content (AvgIpc) is 2.91. The van der Waals surface area contributed by atoms with Crippen molar-refractivity contribution in [2.75, 3.05) is 37.1 Å². The molecule has 26 heavy (non-hydrogen) atoms. The van der Waals surface area contributed by atoms with Crippen LogP contribution < -0.4 is 9.80 Å². The van der Waals surface area contributed by atoms with Crippen LogP contribution in [-0.4, -0.2) is 39.2 Å². The van der Waals surface area contributed by atoms with Gasteiger partial charge in [0, 0.05) is 30.7 Å². The Balaban J connectivity index is 2.60. The van der Waals surface area contributed by atoms with Crippen molar-refractivity contribution in [3.63, 3.8) is 0 Å². The van der Waals surface area contributed by atoms with Crippen molar-refractivity contribution in [1.29, 1.82) is 0 Å². The quantitative estimate of drug-likeness (QED) is 0.730. The third-order valence-electron chi connectivity index (χ3n) is 4.13. The van der Waals surface area contributed by atoms with E-state index in [1.807, 2.05) is 24.3 Å². The first-order valence-corrected chi connectivity index (χ1v) is 8.47. The maximum Gasteiger partial charge on any atom is 0.355 e. The Morgan fingerprint density at radius 1 is 1.04 bits per heavy atom. The van der Waals surface area contributed by atoms with E-state index in [-0.39, 0.29) is 11.3 Å². The monoisotopic (exact) mass is 356 g/mol. The zero-order valence-corrected chi connectivity index (χ0v) is 15.6. The van der Waals surface area contributed by atoms with E-state index in [0.29, 0.717) is 0 Å². The van der Waals surface area contributed by atoms with Crippen molar-refractivity contribution in [2.24, 2.45) is 0 Å². The molecule has 0 aromatic heterocycles. The molecule has 6 nitrogen and oxygen atoms in total. The van der Waals surface area contributed by atoms with Crippen LogP contribution in [0.2, 0.25) is 0 Å². The number of methoxy groups -OCH3 is 2. The summed E-state index contributed by atoms with van der Waals surface area (Å²) < 4.78 is 9.75. The summed E-state index contributed by atoms with van der Waals surface area (Å²) in [6.07, 6.45) is 6.70. The number of carbonyl (C=O) groups excluding carboxylic acids is 2. The molecule has 138 valence electrons. The molecule has 1 aromatic rings. The molecule has 0 aliphatic carbocycles. The first-order valence-electron chi connectivity index (χ1n) is 8.47. The lowest BCUT2D eigenvalue weighted by Crippen LogP contribution is -2.27. The van der Waals surface area contributed by atoms with Crippen LogP contribution in [0.5, 0.6) is 0 Å². The summed E-state index contributed by atoms with van der Waals surface area (Å²) in [6.45, 7) is 5.90. The Morgan fingerprint density at radius 2 is 1.73 bits per heavy atom. The summed E-state index contributed by atoms with van der Waals surface area (Å²) in [7, 11) is 2.56. The number of anilines is 2. The van der Waals surface area contributed by atoms with E-state index in [0.717, 1.165) is 24.5 Å². The molecule has 1 aromatic carbocycles. The van der Waals surface area contributed by atoms with Gasteiger partial charge in [-0.25, -0.2) is 9.59 Å². The molecule has 0 unspecified atom stereocenters. The van der Waals surface area contributed by atoms with E-state index in [2.05, 4.69) is 18.7 Å². The predicted octanol–water partition coefficient (Wildman–Crippen LogP) is 3.02. The summed E-state index contributed by atoms with van der Waals surface area (Å²) in [5.74, 6) is -1.22. The molecule has 0 N–H and O–H groups in total. The predicted molar refractivity (Wildman–Crippen MR) is 102 cm³/mol. The summed E-state index contributed by atoms with van der Waals surface area (Å²) >= 11 is 0. The second kappa shape index (κ2) is 8.89. The Labute approximate surface area is 154 Å². The molecule has 0 amide bonds. The number of esters is 2. The van der Waals surface area contributed by atoms with Crippen molar-refractivity contribution in [3.8, 4) is 0 Å². The summed E-state index contributed by atoms with van der Waals surface area (Å²) in [6, 6.07) is 7.78. The average molecular weight is 356 g/mol. The topological polar surface area (TPSA) is 59.1 Å². The second-order valence-corrected chi connectivity index (χ2v) is 5.51. The van der Waals surface area contributed by atoms with E-state index in [4.69, 9.17) is 9.47 Å². The molecule has 6 heteroatoms. The molecular formula is C20H24N2O4. The molecule has 1 heterocycles. The first kappa shape index (κ1) is 19.3. The number of benzene rings is 1. The van der Waals surface area contributed by atoms with Crippen LogP contribution in [0.15, 0.2) is 60.0 Å². The maximum absolute atomic E-state index is 12.5. The third-order valence-corrected chi connectivity index (χ3v) is 4.13. The van der Waals surface area contributed by atoms with Gasteiger partial charge in [0.15, 0.2) is 0 Å². The lowest BCUT2D eigenvalue weighted by molar-refractivity contribution is -0.139. The van der Waals surface area contributed by atoms with E-state index >= 15 is 0 Å². The number of hydrogen-bond acceptors (Lipinski definition) is 6. The van der Waals surface area contributed by atoms with Crippen LogP contribution in [0.3, 0.4) is 0 Å². The smallest absolute Gasteiger partial charge is 0.355 e. The molecular weight excluding hydrogens is 332 g/mol. The molecule has 1 aliphatic heterocycles. The number of allylic oxidation sites excluding steroid dienone is 2. The number of rotatable bonds is 6. The normalized spacial score (nSPS) is 13.5. The molecule has 0 bridgehead atoms. The highest BCUT2D eigenvalue weighted by Gasteiger charge is 2.27. The summed E-state index contributed by atoms with van der Waals surface area (Å²) in [5.41, 5.74) is 2.02. The second-order valence-electron chi connectivity index (χ2n) is 5.51. The molecule has 0 spiro atoms. The lowest BCUT2D eigenvalue weighted by Gasteiger charge is -2.26. The summed E-state index contributed by atoms with van der Waals surface area (Å²) in [4.78, 5) is 28.5. The van der Waals surface area contributed by atoms with E-state index in [9.17, 15) is 9.59 Å². The van der Waals surface area contributed by atoms with Crippen LogP contribution in [0.25, 0.3) is 0 Å². The number of carbonyl (C=O) groups is 2. The van der Waals surface area contributed by atoms with Crippen molar-refractivity contribution in [3.05, 3.63) is 60.0 Å². The SMILES string of the molecule is CCN(CC)c1cccc(N2C=CC=CC(C(=O)OC)=C2C(=O)OC)c1. The number of hydrogen-bond donors (Lipinski definition) is 0. The number of ether oxygens (including phenoxy) is 2. The molecule has 2 rings (SSSR count). The minimum atomic E-state index is -0.616. The van der Waals surface area contributed by atoms with Gasteiger partial charge < -0.3 is 19.3 Å². The molecule has 1 aliphatic rings. The van der Waals surface area contributed by atoms with Crippen molar-refractivity contribution >= 4 is 23.3 Å². The third kappa shape index (κ3) is 3.96. The molecule has 0 radical (unpaired) electrons. The van der Waals surface area contributed by atoms with E-state index < -0.39 is 11.9 Å². The van der Waals surface area contributed by atoms with Crippen molar-refractivity contribution < 1.29 is 19.1 Å². The maximum atomic E-state index is 12.5. The van der Waals surface area contributed by atoms with Crippen LogP contribution in [0.4, 0.5) is 11.4 Å². The van der Waals surface area contributed by atoms with Crippen molar-refractivity contribution in [1.82, 2.24) is 0 Å². The zero-order valence-electron chi connectivity index (χ0n) is 15.6. The summed E-state index contributed by atoms with van der Waals surface area (Å²) in [5, 5.41) is 0. The van der Waals surface area contributed by atoms with Crippen LogP contribution >= 0.6 is 0 Å². The van der Waals surface area contributed by atoms with Gasteiger partial charge >= 0.3 is 11.9 Å². The molecule has 0 saturated heterocycles. The highest BCUT2D eigenvalue weighted by molar-refractivity contribution is 6.05. The minimum Gasteiger partial charge on any atom is -0.465 e. The van der Waals surface area contributed by atoms with Gasteiger partial charge in [-0.2, -0.15) is 0 Å². The fourth-order valence-corrected chi connectivity index (χ4v) is 2.79. The molecule has 0 saturated carbocycles. The lowest BCUT2D eigenvalue weighted by atomic mass is 10.1. The van der Waals surface area contributed by atoms with Gasteiger partial charge in [-0.15, -0.1) is 0 Å². The zero-order chi connectivity index (χ0) is 19.1. The van der Waals surface area contributed by atoms with Gasteiger partial charge in [0.05, 0.1) is 19.8 Å². The van der Waals surface area contributed by atoms with Gasteiger partial charge in [-0.05, 0) is 44.2 Å². The van der Waals surface area contributed by atoms with Gasteiger partial charge in [0.2, 0.25) is 0 Å².